The van der Waals surface area contributed by atoms with E-state index in [4.69, 9.17) is 0 Å². The van der Waals surface area contributed by atoms with Crippen LogP contribution >= 0.6 is 0 Å². The van der Waals surface area contributed by atoms with Crippen molar-refractivity contribution >= 4 is 0 Å². The van der Waals surface area contributed by atoms with Gasteiger partial charge in [0.2, 0.25) is 10.9 Å². The predicted octanol–water partition coefficient (Wildman–Crippen LogP) is 1.19. The molecule has 0 saturated heterocycles. The molecule has 0 N–H and O–H groups in total. The summed E-state index contributed by atoms with van der Waals surface area (Å²) in [5.41, 5.74) is 1.12. The average molecular weight is 166 g/mol. The summed E-state index contributed by atoms with van der Waals surface area (Å²) >= 11 is 0. The Morgan fingerprint density at radius 3 is 1.42 bits per heavy atom. The Bertz CT molecular complexity index is 296. The highest BCUT2D eigenvalue weighted by Crippen LogP contribution is 2.06. The lowest BCUT2D eigenvalue weighted by molar-refractivity contribution is 0.825. The summed E-state index contributed by atoms with van der Waals surface area (Å²) in [5.74, 6) is 0. The van der Waals surface area contributed by atoms with Gasteiger partial charge in [-0.05, 0) is 12.8 Å². The van der Waals surface area contributed by atoms with Gasteiger partial charge in [0.05, 0.1) is 0 Å². The van der Waals surface area contributed by atoms with Crippen LogP contribution in [0.3, 0.4) is 0 Å². The number of hydrogen-bond acceptors (Lipinski definition) is 2. The molecule has 0 aliphatic rings. The molecule has 0 amide bonds. The SMILES string of the molecule is CCCc1c(CCC)c(=O)c1=O. The zero-order valence-electron chi connectivity index (χ0n) is 7.64. The van der Waals surface area contributed by atoms with Gasteiger partial charge < -0.3 is 0 Å². The minimum absolute atomic E-state index is 0.236. The summed E-state index contributed by atoms with van der Waals surface area (Å²) in [6, 6.07) is 0. The van der Waals surface area contributed by atoms with Crippen molar-refractivity contribution in [2.45, 2.75) is 39.5 Å². The number of rotatable bonds is 4. The molecule has 0 aliphatic carbocycles. The fraction of sp³-hybridized carbons (Fsp3) is 0.600. The van der Waals surface area contributed by atoms with Crippen LogP contribution in [0.2, 0.25) is 0 Å². The van der Waals surface area contributed by atoms with Crippen LogP contribution in [0.4, 0.5) is 0 Å². The molecule has 1 rings (SSSR count). The van der Waals surface area contributed by atoms with Crippen molar-refractivity contribution in [2.24, 2.45) is 0 Å². The topological polar surface area (TPSA) is 34.1 Å². The standard InChI is InChI=1S/C10H14O2/c1-3-5-7-8(6-4-2)10(12)9(7)11/h3-6H2,1-2H3. The molecule has 0 radical (unpaired) electrons. The van der Waals surface area contributed by atoms with Crippen LogP contribution in [0.15, 0.2) is 9.59 Å². The van der Waals surface area contributed by atoms with E-state index in [2.05, 4.69) is 0 Å². The predicted molar refractivity (Wildman–Crippen MR) is 49.3 cm³/mol. The zero-order valence-corrected chi connectivity index (χ0v) is 7.64. The van der Waals surface area contributed by atoms with E-state index in [9.17, 15) is 9.59 Å². The van der Waals surface area contributed by atoms with Crippen LogP contribution in [0, 0.1) is 0 Å². The van der Waals surface area contributed by atoms with Crippen molar-refractivity contribution in [3.63, 3.8) is 0 Å². The zero-order chi connectivity index (χ0) is 9.14. The van der Waals surface area contributed by atoms with E-state index in [0.717, 1.165) is 36.8 Å². The highest BCUT2D eigenvalue weighted by Gasteiger charge is 2.17. The maximum absolute atomic E-state index is 11.0. The van der Waals surface area contributed by atoms with Gasteiger partial charge in [0.25, 0.3) is 0 Å². The molecule has 0 atom stereocenters. The molecule has 0 unspecified atom stereocenters. The second kappa shape index (κ2) is 3.65. The van der Waals surface area contributed by atoms with Crippen molar-refractivity contribution in [2.75, 3.05) is 0 Å². The van der Waals surface area contributed by atoms with Crippen molar-refractivity contribution in [3.8, 4) is 0 Å². The van der Waals surface area contributed by atoms with Crippen LogP contribution < -0.4 is 10.9 Å². The fourth-order valence-corrected chi connectivity index (χ4v) is 1.51. The molecular weight excluding hydrogens is 152 g/mol. The van der Waals surface area contributed by atoms with Crippen LogP contribution in [0.5, 0.6) is 0 Å². The minimum atomic E-state index is -0.236. The third-order valence-electron chi connectivity index (χ3n) is 2.12. The van der Waals surface area contributed by atoms with Gasteiger partial charge in [0, 0.05) is 11.1 Å². The molecule has 1 aromatic carbocycles. The minimum Gasteiger partial charge on any atom is -0.285 e. The third-order valence-corrected chi connectivity index (χ3v) is 2.12. The van der Waals surface area contributed by atoms with Crippen molar-refractivity contribution in [1.29, 1.82) is 0 Å². The van der Waals surface area contributed by atoms with Gasteiger partial charge in [0.15, 0.2) is 0 Å². The van der Waals surface area contributed by atoms with Gasteiger partial charge in [0.1, 0.15) is 0 Å². The van der Waals surface area contributed by atoms with E-state index in [-0.39, 0.29) is 10.9 Å². The van der Waals surface area contributed by atoms with Crippen LogP contribution in [0.25, 0.3) is 0 Å². The molecule has 1 aromatic rings. The maximum atomic E-state index is 11.0. The summed E-state index contributed by atoms with van der Waals surface area (Å²) in [7, 11) is 0. The molecule has 0 spiro atoms. The van der Waals surface area contributed by atoms with Crippen LogP contribution in [-0.2, 0) is 12.8 Å². The summed E-state index contributed by atoms with van der Waals surface area (Å²) in [5, 5.41) is 0. The Morgan fingerprint density at radius 1 is 0.833 bits per heavy atom. The molecule has 0 saturated carbocycles. The molecule has 2 nitrogen and oxygen atoms in total. The van der Waals surface area contributed by atoms with Crippen LogP contribution in [0.1, 0.15) is 37.8 Å². The second-order valence-electron chi connectivity index (χ2n) is 3.12. The lowest BCUT2D eigenvalue weighted by Gasteiger charge is -2.07. The number of hydrogen-bond donors (Lipinski definition) is 0. The summed E-state index contributed by atoms with van der Waals surface area (Å²) in [6.07, 6.45) is 3.45. The van der Waals surface area contributed by atoms with E-state index >= 15 is 0 Å². The molecule has 12 heavy (non-hydrogen) atoms. The largest absolute Gasteiger partial charge is 0.285 e. The average Bonchev–Trinajstić information content (AvgIpc) is 2.10. The van der Waals surface area contributed by atoms with Gasteiger partial charge in [-0.15, -0.1) is 0 Å². The van der Waals surface area contributed by atoms with Crippen LogP contribution in [-0.4, -0.2) is 0 Å². The molecule has 0 fully saturated rings. The van der Waals surface area contributed by atoms with E-state index in [1.54, 1.807) is 0 Å². The Balaban J connectivity index is 2.89. The van der Waals surface area contributed by atoms with Gasteiger partial charge >= 0.3 is 0 Å². The molecule has 0 heterocycles. The summed E-state index contributed by atoms with van der Waals surface area (Å²) in [4.78, 5) is 22.1. The molecule has 2 heteroatoms. The van der Waals surface area contributed by atoms with Crippen molar-refractivity contribution in [1.82, 2.24) is 0 Å². The molecule has 0 aliphatic heterocycles. The fourth-order valence-electron chi connectivity index (χ4n) is 1.51. The highest BCUT2D eigenvalue weighted by molar-refractivity contribution is 5.33. The van der Waals surface area contributed by atoms with E-state index < -0.39 is 0 Å². The first kappa shape index (κ1) is 9.17. The lowest BCUT2D eigenvalue weighted by Crippen LogP contribution is -2.39. The van der Waals surface area contributed by atoms with Gasteiger partial charge in [-0.2, -0.15) is 0 Å². The summed E-state index contributed by atoms with van der Waals surface area (Å²) in [6.45, 7) is 4.04. The first-order valence-electron chi connectivity index (χ1n) is 4.53. The normalized spacial score (nSPS) is 10.8. The first-order chi connectivity index (χ1) is 5.72. The van der Waals surface area contributed by atoms with Gasteiger partial charge in [-0.25, -0.2) is 0 Å². The Morgan fingerprint density at radius 2 is 1.17 bits per heavy atom. The van der Waals surface area contributed by atoms with Crippen molar-refractivity contribution in [3.05, 3.63) is 31.6 Å². The second-order valence-corrected chi connectivity index (χ2v) is 3.12. The van der Waals surface area contributed by atoms with E-state index in [0.29, 0.717) is 0 Å². The first-order valence-corrected chi connectivity index (χ1v) is 4.53. The van der Waals surface area contributed by atoms with Gasteiger partial charge in [-0.1, -0.05) is 26.7 Å². The lowest BCUT2D eigenvalue weighted by atomic mass is 9.94. The maximum Gasteiger partial charge on any atom is 0.229 e. The monoisotopic (exact) mass is 166 g/mol. The van der Waals surface area contributed by atoms with Gasteiger partial charge in [-0.3, -0.25) is 9.59 Å². The summed E-state index contributed by atoms with van der Waals surface area (Å²) < 4.78 is 0. The highest BCUT2D eigenvalue weighted by atomic mass is 16.2. The third kappa shape index (κ3) is 1.33. The molecule has 66 valence electrons. The molecular formula is C10H14O2. The Kier molecular flexibility index (Phi) is 2.79. The quantitative estimate of drug-likeness (QED) is 0.629. The van der Waals surface area contributed by atoms with E-state index in [1.165, 1.54) is 0 Å². The molecule has 0 bridgehead atoms. The smallest absolute Gasteiger partial charge is 0.229 e. The Hall–Kier alpha value is -0.920. The van der Waals surface area contributed by atoms with E-state index in [1.807, 2.05) is 13.8 Å². The Labute approximate surface area is 71.9 Å². The van der Waals surface area contributed by atoms with Crippen molar-refractivity contribution < 1.29 is 0 Å². The molecule has 0 aromatic heterocycles.